The van der Waals surface area contributed by atoms with E-state index in [1.54, 1.807) is 20.4 Å². The summed E-state index contributed by atoms with van der Waals surface area (Å²) in [6, 6.07) is 17.7. The highest BCUT2D eigenvalue weighted by molar-refractivity contribution is 5.64. The lowest BCUT2D eigenvalue weighted by Crippen LogP contribution is -2.01. The van der Waals surface area contributed by atoms with E-state index in [-0.39, 0.29) is 0 Å². The van der Waals surface area contributed by atoms with Gasteiger partial charge in [0.15, 0.2) is 0 Å². The Bertz CT molecular complexity index is 733. The van der Waals surface area contributed by atoms with Gasteiger partial charge in [-0.3, -0.25) is 0 Å². The summed E-state index contributed by atoms with van der Waals surface area (Å²) in [5.74, 6) is 1.62. The van der Waals surface area contributed by atoms with Gasteiger partial charge < -0.3 is 9.47 Å². The topological polar surface area (TPSA) is 36.3 Å². The molecule has 4 heteroatoms. The molecule has 0 radical (unpaired) electrons. The highest BCUT2D eigenvalue weighted by atomic mass is 16.5. The van der Waals surface area contributed by atoms with Crippen molar-refractivity contribution < 1.29 is 9.47 Å². The molecule has 0 spiro atoms. The molecular weight excluding hydrogens is 264 g/mol. The number of nitrogens with zero attached hydrogens (tertiary/aromatic N) is 2. The molecule has 3 rings (SSSR count). The fourth-order valence-corrected chi connectivity index (χ4v) is 2.28. The first-order valence-corrected chi connectivity index (χ1v) is 6.65. The third kappa shape index (κ3) is 2.48. The van der Waals surface area contributed by atoms with Gasteiger partial charge in [-0.15, -0.1) is 0 Å². The van der Waals surface area contributed by atoms with Crippen LogP contribution in [-0.4, -0.2) is 24.0 Å². The van der Waals surface area contributed by atoms with Gasteiger partial charge in [-0.05, 0) is 42.5 Å². The van der Waals surface area contributed by atoms with Crippen LogP contribution in [0.5, 0.6) is 11.5 Å². The largest absolute Gasteiger partial charge is 0.497 e. The van der Waals surface area contributed by atoms with Gasteiger partial charge in [0.1, 0.15) is 17.2 Å². The van der Waals surface area contributed by atoms with E-state index in [1.807, 2.05) is 59.3 Å². The van der Waals surface area contributed by atoms with Crippen LogP contribution in [0.15, 0.2) is 60.8 Å². The Morgan fingerprint density at radius 2 is 1.62 bits per heavy atom. The summed E-state index contributed by atoms with van der Waals surface area (Å²) >= 11 is 0. The van der Waals surface area contributed by atoms with Gasteiger partial charge in [-0.1, -0.05) is 12.1 Å². The van der Waals surface area contributed by atoms with Crippen LogP contribution in [0.25, 0.3) is 16.9 Å². The van der Waals surface area contributed by atoms with Crippen molar-refractivity contribution in [1.29, 1.82) is 0 Å². The highest BCUT2D eigenvalue weighted by Crippen LogP contribution is 2.28. The van der Waals surface area contributed by atoms with Gasteiger partial charge in [0.25, 0.3) is 0 Å². The molecule has 0 atom stereocenters. The number of aromatic nitrogens is 2. The average Bonchev–Trinajstić information content (AvgIpc) is 3.04. The molecule has 2 aromatic carbocycles. The lowest BCUT2D eigenvalue weighted by atomic mass is 10.1. The van der Waals surface area contributed by atoms with Crippen LogP contribution in [0.1, 0.15) is 0 Å². The molecule has 0 unspecified atom stereocenters. The first kappa shape index (κ1) is 13.2. The zero-order valence-corrected chi connectivity index (χ0v) is 12.0. The van der Waals surface area contributed by atoms with Gasteiger partial charge in [-0.25, -0.2) is 4.68 Å². The minimum atomic E-state index is 0.788. The summed E-state index contributed by atoms with van der Waals surface area (Å²) < 4.78 is 12.5. The number of para-hydroxylation sites is 2. The standard InChI is InChI=1S/C17H16N2O2/c1-20-14-9-7-13(8-10-14)15-11-12-18-19(15)16-5-3-4-6-17(16)21-2/h3-12H,1-2H3. The van der Waals surface area contributed by atoms with E-state index in [1.165, 1.54) is 0 Å². The quantitative estimate of drug-likeness (QED) is 0.733. The number of methoxy groups -OCH3 is 2. The van der Waals surface area contributed by atoms with Crippen LogP contribution >= 0.6 is 0 Å². The lowest BCUT2D eigenvalue weighted by Gasteiger charge is -2.11. The van der Waals surface area contributed by atoms with Crippen LogP contribution in [0.4, 0.5) is 0 Å². The predicted molar refractivity (Wildman–Crippen MR) is 82.1 cm³/mol. The Morgan fingerprint density at radius 3 is 2.33 bits per heavy atom. The van der Waals surface area contributed by atoms with E-state index in [4.69, 9.17) is 9.47 Å². The van der Waals surface area contributed by atoms with Crippen LogP contribution in [0.3, 0.4) is 0 Å². The van der Waals surface area contributed by atoms with Gasteiger partial charge in [0.2, 0.25) is 0 Å². The van der Waals surface area contributed by atoms with Crippen molar-refractivity contribution in [1.82, 2.24) is 9.78 Å². The molecule has 0 aliphatic heterocycles. The number of hydrogen-bond donors (Lipinski definition) is 0. The number of hydrogen-bond acceptors (Lipinski definition) is 3. The molecule has 0 aliphatic carbocycles. The maximum atomic E-state index is 5.42. The van der Waals surface area contributed by atoms with E-state index in [9.17, 15) is 0 Å². The van der Waals surface area contributed by atoms with Crippen LogP contribution in [0.2, 0.25) is 0 Å². The first-order chi connectivity index (χ1) is 10.3. The zero-order valence-electron chi connectivity index (χ0n) is 12.0. The lowest BCUT2D eigenvalue weighted by molar-refractivity contribution is 0.412. The number of ether oxygens (including phenoxy) is 2. The minimum Gasteiger partial charge on any atom is -0.497 e. The van der Waals surface area contributed by atoms with Crippen LogP contribution < -0.4 is 9.47 Å². The van der Waals surface area contributed by atoms with Gasteiger partial charge in [-0.2, -0.15) is 5.10 Å². The second-order valence-electron chi connectivity index (χ2n) is 4.53. The SMILES string of the molecule is COc1ccc(-c2ccnn2-c2ccccc2OC)cc1. The molecule has 0 aliphatic rings. The maximum Gasteiger partial charge on any atom is 0.144 e. The molecule has 0 saturated heterocycles. The molecule has 3 aromatic rings. The van der Waals surface area contributed by atoms with Crippen molar-refractivity contribution in [2.24, 2.45) is 0 Å². The normalized spacial score (nSPS) is 10.4. The van der Waals surface area contributed by atoms with Gasteiger partial charge in [0, 0.05) is 5.56 Å². The van der Waals surface area contributed by atoms with Gasteiger partial charge >= 0.3 is 0 Å². The Hall–Kier alpha value is -2.75. The molecule has 0 saturated carbocycles. The minimum absolute atomic E-state index is 0.788. The fourth-order valence-electron chi connectivity index (χ4n) is 2.28. The molecule has 0 fully saturated rings. The van der Waals surface area contributed by atoms with Crippen LogP contribution in [0, 0.1) is 0 Å². The zero-order chi connectivity index (χ0) is 14.7. The smallest absolute Gasteiger partial charge is 0.144 e. The van der Waals surface area contributed by atoms with Crippen molar-refractivity contribution in [3.05, 3.63) is 60.8 Å². The van der Waals surface area contributed by atoms with Crippen molar-refractivity contribution >= 4 is 0 Å². The molecule has 0 amide bonds. The van der Waals surface area contributed by atoms with Crippen molar-refractivity contribution in [2.75, 3.05) is 14.2 Å². The third-order valence-corrected chi connectivity index (χ3v) is 3.34. The molecule has 0 bridgehead atoms. The first-order valence-electron chi connectivity index (χ1n) is 6.65. The average molecular weight is 280 g/mol. The van der Waals surface area contributed by atoms with Crippen molar-refractivity contribution in [2.45, 2.75) is 0 Å². The van der Waals surface area contributed by atoms with E-state index in [0.29, 0.717) is 0 Å². The summed E-state index contributed by atoms with van der Waals surface area (Å²) in [5.41, 5.74) is 2.98. The maximum absolute atomic E-state index is 5.42. The van der Waals surface area contributed by atoms with E-state index < -0.39 is 0 Å². The molecule has 21 heavy (non-hydrogen) atoms. The van der Waals surface area contributed by atoms with Crippen molar-refractivity contribution in [3.63, 3.8) is 0 Å². The van der Waals surface area contributed by atoms with Gasteiger partial charge in [0.05, 0.1) is 26.1 Å². The second-order valence-corrected chi connectivity index (χ2v) is 4.53. The molecule has 1 heterocycles. The van der Waals surface area contributed by atoms with E-state index >= 15 is 0 Å². The monoisotopic (exact) mass is 280 g/mol. The molecule has 4 nitrogen and oxygen atoms in total. The van der Waals surface area contributed by atoms with E-state index in [2.05, 4.69) is 5.10 Å². The Balaban J connectivity index is 2.08. The summed E-state index contributed by atoms with van der Waals surface area (Å²) in [5, 5.41) is 4.42. The number of rotatable bonds is 4. The highest BCUT2D eigenvalue weighted by Gasteiger charge is 2.11. The molecule has 0 N–H and O–H groups in total. The Kier molecular flexibility index (Phi) is 3.60. The summed E-state index contributed by atoms with van der Waals surface area (Å²) in [6.07, 6.45) is 1.78. The van der Waals surface area contributed by atoms with E-state index in [0.717, 1.165) is 28.4 Å². The summed E-state index contributed by atoms with van der Waals surface area (Å²) in [6.45, 7) is 0. The third-order valence-electron chi connectivity index (χ3n) is 3.34. The summed E-state index contributed by atoms with van der Waals surface area (Å²) in [4.78, 5) is 0. The number of benzene rings is 2. The Labute approximate surface area is 123 Å². The molecular formula is C17H16N2O2. The summed E-state index contributed by atoms with van der Waals surface area (Å²) in [7, 11) is 3.32. The van der Waals surface area contributed by atoms with Crippen LogP contribution in [-0.2, 0) is 0 Å². The second kappa shape index (κ2) is 5.71. The molecule has 1 aromatic heterocycles. The van der Waals surface area contributed by atoms with Crippen molar-refractivity contribution in [3.8, 4) is 28.4 Å². The fraction of sp³-hybridized carbons (Fsp3) is 0.118. The predicted octanol–water partition coefficient (Wildman–Crippen LogP) is 3.56. The Morgan fingerprint density at radius 1 is 0.857 bits per heavy atom. The molecule has 106 valence electrons.